The average Bonchev–Trinajstić information content (AvgIpc) is 2.92. The van der Waals surface area contributed by atoms with Gasteiger partial charge in [-0.2, -0.15) is 0 Å². The first-order valence-corrected chi connectivity index (χ1v) is 7.89. The molecule has 3 N–H and O–H groups in total. The largest absolute Gasteiger partial charge is 0.368 e. The molecule has 4 nitrogen and oxygen atoms in total. The maximum Gasteiger partial charge on any atom is 0.236 e. The van der Waals surface area contributed by atoms with Gasteiger partial charge in [0.05, 0.1) is 6.54 Å². The Hall–Kier alpha value is -1.07. The summed E-state index contributed by atoms with van der Waals surface area (Å²) in [7, 11) is 1.93. The second-order valence-electron chi connectivity index (χ2n) is 5.34. The van der Waals surface area contributed by atoms with E-state index in [1.54, 1.807) is 0 Å². The number of amides is 1. The Morgan fingerprint density at radius 2 is 2.15 bits per heavy atom. The van der Waals surface area contributed by atoms with Crippen molar-refractivity contribution >= 4 is 27.5 Å². The Balaban J connectivity index is 2.23. The van der Waals surface area contributed by atoms with Gasteiger partial charge in [0.15, 0.2) is 0 Å². The van der Waals surface area contributed by atoms with Gasteiger partial charge in [-0.3, -0.25) is 4.79 Å². The van der Waals surface area contributed by atoms with Gasteiger partial charge in [0.1, 0.15) is 0 Å². The van der Waals surface area contributed by atoms with E-state index >= 15 is 0 Å². The zero-order valence-electron chi connectivity index (χ0n) is 11.9. The predicted molar refractivity (Wildman–Crippen MR) is 85.7 cm³/mol. The van der Waals surface area contributed by atoms with Gasteiger partial charge in [-0.25, -0.2) is 0 Å². The van der Waals surface area contributed by atoms with Crippen LogP contribution < -0.4 is 16.0 Å². The van der Waals surface area contributed by atoms with E-state index in [0.717, 1.165) is 29.5 Å². The summed E-state index contributed by atoms with van der Waals surface area (Å²) in [6, 6.07) is 6.70. The van der Waals surface area contributed by atoms with Gasteiger partial charge in [-0.05, 0) is 37.6 Å². The molecular weight excluding hydrogens is 318 g/mol. The van der Waals surface area contributed by atoms with Gasteiger partial charge < -0.3 is 16.0 Å². The molecule has 0 radical (unpaired) electrons. The number of nitrogens with zero attached hydrogens (tertiary/aromatic N) is 1. The number of halogens is 1. The van der Waals surface area contributed by atoms with Crippen LogP contribution in [-0.2, 0) is 11.3 Å². The molecule has 1 aromatic carbocycles. The van der Waals surface area contributed by atoms with Crippen LogP contribution >= 0.6 is 15.9 Å². The van der Waals surface area contributed by atoms with Crippen molar-refractivity contribution in [3.8, 4) is 0 Å². The van der Waals surface area contributed by atoms with E-state index in [1.165, 1.54) is 18.4 Å². The fourth-order valence-corrected chi connectivity index (χ4v) is 3.37. The van der Waals surface area contributed by atoms with E-state index in [9.17, 15) is 4.79 Å². The van der Waals surface area contributed by atoms with Crippen LogP contribution in [0.4, 0.5) is 5.69 Å². The second kappa shape index (κ2) is 7.09. The minimum atomic E-state index is -0.271. The molecule has 2 rings (SSSR count). The van der Waals surface area contributed by atoms with E-state index in [0.29, 0.717) is 12.6 Å². The normalized spacial score (nSPS) is 15.5. The van der Waals surface area contributed by atoms with Crippen molar-refractivity contribution in [1.82, 2.24) is 5.32 Å². The van der Waals surface area contributed by atoms with Crippen molar-refractivity contribution in [1.29, 1.82) is 0 Å². The molecule has 1 fully saturated rings. The molecular formula is C15H22BrN3O. The summed E-state index contributed by atoms with van der Waals surface area (Å²) in [6.07, 6.45) is 4.75. The van der Waals surface area contributed by atoms with Crippen LogP contribution in [0.5, 0.6) is 0 Å². The molecule has 0 bridgehead atoms. The molecule has 5 heteroatoms. The van der Waals surface area contributed by atoms with E-state index < -0.39 is 0 Å². The first kappa shape index (κ1) is 15.3. The van der Waals surface area contributed by atoms with Gasteiger partial charge in [0.25, 0.3) is 0 Å². The molecule has 0 spiro atoms. The molecule has 0 aliphatic heterocycles. The van der Waals surface area contributed by atoms with E-state index in [1.807, 2.05) is 7.05 Å². The Morgan fingerprint density at radius 1 is 1.45 bits per heavy atom. The molecule has 1 aliphatic rings. The molecule has 1 aromatic rings. The van der Waals surface area contributed by atoms with E-state index in [4.69, 9.17) is 5.73 Å². The van der Waals surface area contributed by atoms with Crippen LogP contribution in [-0.4, -0.2) is 25.5 Å². The molecule has 110 valence electrons. The third kappa shape index (κ3) is 3.73. The number of benzene rings is 1. The number of carbonyl (C=O) groups excluding carboxylic acids is 1. The predicted octanol–water partition coefficient (Wildman–Crippen LogP) is 2.40. The van der Waals surface area contributed by atoms with Crippen LogP contribution in [0.2, 0.25) is 0 Å². The highest BCUT2D eigenvalue weighted by Gasteiger charge is 2.24. The van der Waals surface area contributed by atoms with Gasteiger partial charge in [0, 0.05) is 22.7 Å². The fourth-order valence-electron chi connectivity index (χ4n) is 2.86. The lowest BCUT2D eigenvalue weighted by Gasteiger charge is -2.30. The summed E-state index contributed by atoms with van der Waals surface area (Å²) in [5, 5.41) is 3.14. The van der Waals surface area contributed by atoms with Crippen LogP contribution in [0.15, 0.2) is 22.7 Å². The lowest BCUT2D eigenvalue weighted by Crippen LogP contribution is -2.40. The fraction of sp³-hybridized carbons (Fsp3) is 0.533. The minimum Gasteiger partial charge on any atom is -0.368 e. The molecule has 1 amide bonds. The number of primary amides is 1. The highest BCUT2D eigenvalue weighted by atomic mass is 79.9. The minimum absolute atomic E-state index is 0.271. The highest BCUT2D eigenvalue weighted by Crippen LogP contribution is 2.30. The van der Waals surface area contributed by atoms with Gasteiger partial charge in [-0.1, -0.05) is 34.8 Å². The number of rotatable bonds is 6. The first-order chi connectivity index (χ1) is 9.61. The SMILES string of the molecule is CNCc1ccc(N(CC(N)=O)C2CCCC2)cc1Br. The van der Waals surface area contributed by atoms with Gasteiger partial charge in [-0.15, -0.1) is 0 Å². The molecule has 0 aromatic heterocycles. The maximum absolute atomic E-state index is 11.4. The van der Waals surface area contributed by atoms with Crippen molar-refractivity contribution in [3.63, 3.8) is 0 Å². The maximum atomic E-state index is 11.4. The Kier molecular flexibility index (Phi) is 5.43. The lowest BCUT2D eigenvalue weighted by molar-refractivity contribution is -0.116. The zero-order chi connectivity index (χ0) is 14.5. The summed E-state index contributed by atoms with van der Waals surface area (Å²) in [5.74, 6) is -0.271. The summed E-state index contributed by atoms with van der Waals surface area (Å²) >= 11 is 3.61. The van der Waals surface area contributed by atoms with Crippen molar-refractivity contribution in [3.05, 3.63) is 28.2 Å². The van der Waals surface area contributed by atoms with E-state index in [-0.39, 0.29) is 5.91 Å². The third-order valence-corrected chi connectivity index (χ3v) is 4.57. The van der Waals surface area contributed by atoms with Gasteiger partial charge in [0.2, 0.25) is 5.91 Å². The van der Waals surface area contributed by atoms with Crippen molar-refractivity contribution < 1.29 is 4.79 Å². The topological polar surface area (TPSA) is 58.4 Å². The van der Waals surface area contributed by atoms with Crippen LogP contribution in [0.25, 0.3) is 0 Å². The molecule has 20 heavy (non-hydrogen) atoms. The lowest BCUT2D eigenvalue weighted by atomic mass is 10.1. The summed E-state index contributed by atoms with van der Waals surface area (Å²) < 4.78 is 1.07. The van der Waals surface area contributed by atoms with Crippen molar-refractivity contribution in [2.75, 3.05) is 18.5 Å². The number of nitrogens with two attached hydrogens (primary N) is 1. The number of hydrogen-bond donors (Lipinski definition) is 2. The second-order valence-corrected chi connectivity index (χ2v) is 6.19. The number of hydrogen-bond acceptors (Lipinski definition) is 3. The highest BCUT2D eigenvalue weighted by molar-refractivity contribution is 9.10. The van der Waals surface area contributed by atoms with Crippen molar-refractivity contribution in [2.45, 2.75) is 38.3 Å². The van der Waals surface area contributed by atoms with Crippen LogP contribution in [0.1, 0.15) is 31.2 Å². The quantitative estimate of drug-likeness (QED) is 0.836. The third-order valence-electron chi connectivity index (χ3n) is 3.83. The van der Waals surface area contributed by atoms with Crippen LogP contribution in [0, 0.1) is 0 Å². The Bertz CT molecular complexity index is 472. The summed E-state index contributed by atoms with van der Waals surface area (Å²) in [4.78, 5) is 13.5. The van der Waals surface area contributed by atoms with Crippen LogP contribution in [0.3, 0.4) is 0 Å². The molecule has 0 atom stereocenters. The molecule has 1 saturated carbocycles. The summed E-state index contributed by atoms with van der Waals surface area (Å²) in [5.41, 5.74) is 7.69. The van der Waals surface area contributed by atoms with E-state index in [2.05, 4.69) is 44.3 Å². The molecule has 0 saturated heterocycles. The standard InChI is InChI=1S/C15H22BrN3O/c1-18-9-11-6-7-13(8-14(11)16)19(10-15(17)20)12-4-2-3-5-12/h6-8,12,18H,2-5,9-10H2,1H3,(H2,17,20). The zero-order valence-corrected chi connectivity index (χ0v) is 13.4. The molecule has 0 heterocycles. The molecule has 1 aliphatic carbocycles. The monoisotopic (exact) mass is 339 g/mol. The summed E-state index contributed by atoms with van der Waals surface area (Å²) in [6.45, 7) is 1.11. The number of nitrogens with one attached hydrogen (secondary N) is 1. The first-order valence-electron chi connectivity index (χ1n) is 7.10. The van der Waals surface area contributed by atoms with Crippen molar-refractivity contribution in [2.24, 2.45) is 5.73 Å². The molecule has 0 unspecified atom stereocenters. The Labute approximate surface area is 128 Å². The smallest absolute Gasteiger partial charge is 0.236 e. The van der Waals surface area contributed by atoms with Gasteiger partial charge >= 0.3 is 0 Å². The number of anilines is 1. The Morgan fingerprint density at radius 3 is 2.70 bits per heavy atom. The average molecular weight is 340 g/mol. The number of carbonyl (C=O) groups is 1.